The van der Waals surface area contributed by atoms with Crippen molar-refractivity contribution in [1.29, 1.82) is 0 Å². The third-order valence-electron chi connectivity index (χ3n) is 4.08. The maximum Gasteiger partial charge on any atom is 0.251 e. The molecule has 2 aromatic rings. The Labute approximate surface area is 166 Å². The molecule has 2 rings (SSSR count). The van der Waals surface area contributed by atoms with E-state index in [-0.39, 0.29) is 30.5 Å². The van der Waals surface area contributed by atoms with Gasteiger partial charge in [0.15, 0.2) is 0 Å². The summed E-state index contributed by atoms with van der Waals surface area (Å²) in [6.07, 6.45) is 0.954. The molecular weight excluding hydrogens is 354 g/mol. The summed E-state index contributed by atoms with van der Waals surface area (Å²) in [5, 5.41) is 8.82. The summed E-state index contributed by atoms with van der Waals surface area (Å²) in [5.41, 5.74) is 2.05. The minimum absolute atomic E-state index is 0.0721. The van der Waals surface area contributed by atoms with Gasteiger partial charge in [-0.25, -0.2) is 0 Å². The Kier molecular flexibility index (Phi) is 7.87. The number of carbonyl (C=O) groups excluding carboxylic acids is 2. The molecule has 150 valence electrons. The van der Waals surface area contributed by atoms with Crippen LogP contribution < -0.4 is 20.7 Å². The van der Waals surface area contributed by atoms with E-state index in [0.717, 1.165) is 12.1 Å². The highest BCUT2D eigenvalue weighted by Gasteiger charge is 2.09. The quantitative estimate of drug-likeness (QED) is 0.610. The smallest absolute Gasteiger partial charge is 0.251 e. The molecule has 0 aliphatic carbocycles. The standard InChI is InChI=1S/C22H29N3O3/c1-5-16(4)24-22(27)17-9-11-18(12-10-17)23-14-21(26)25-19-7-6-8-20(13-19)28-15(2)3/h6-13,15-16,23H,5,14H2,1-4H3,(H,24,27)(H,25,26). The van der Waals surface area contributed by atoms with Crippen molar-refractivity contribution in [3.63, 3.8) is 0 Å². The van der Waals surface area contributed by atoms with Gasteiger partial charge in [0.25, 0.3) is 5.91 Å². The number of ether oxygens (including phenoxy) is 1. The molecule has 6 nitrogen and oxygen atoms in total. The van der Waals surface area contributed by atoms with Crippen LogP contribution >= 0.6 is 0 Å². The van der Waals surface area contributed by atoms with E-state index in [0.29, 0.717) is 17.0 Å². The number of amides is 2. The monoisotopic (exact) mass is 383 g/mol. The van der Waals surface area contributed by atoms with Crippen molar-refractivity contribution in [2.45, 2.75) is 46.3 Å². The highest BCUT2D eigenvalue weighted by molar-refractivity contribution is 5.95. The molecule has 1 unspecified atom stereocenters. The molecule has 1 atom stereocenters. The fourth-order valence-corrected chi connectivity index (χ4v) is 2.46. The Morgan fingerprint density at radius 2 is 1.71 bits per heavy atom. The van der Waals surface area contributed by atoms with Gasteiger partial charge in [-0.15, -0.1) is 0 Å². The first-order valence-electron chi connectivity index (χ1n) is 9.58. The van der Waals surface area contributed by atoms with E-state index in [1.807, 2.05) is 45.9 Å². The van der Waals surface area contributed by atoms with E-state index in [1.165, 1.54) is 0 Å². The largest absolute Gasteiger partial charge is 0.491 e. The highest BCUT2D eigenvalue weighted by atomic mass is 16.5. The second-order valence-electron chi connectivity index (χ2n) is 6.96. The molecule has 0 heterocycles. The molecule has 0 saturated carbocycles. The van der Waals surface area contributed by atoms with Gasteiger partial charge < -0.3 is 20.7 Å². The van der Waals surface area contributed by atoms with Gasteiger partial charge in [0, 0.05) is 29.0 Å². The average molecular weight is 383 g/mol. The molecule has 0 aliphatic rings. The minimum atomic E-state index is -0.166. The van der Waals surface area contributed by atoms with Crippen LogP contribution in [0.4, 0.5) is 11.4 Å². The molecular formula is C22H29N3O3. The summed E-state index contributed by atoms with van der Waals surface area (Å²) >= 11 is 0. The molecule has 28 heavy (non-hydrogen) atoms. The van der Waals surface area contributed by atoms with Crippen LogP contribution in [0.25, 0.3) is 0 Å². The molecule has 3 N–H and O–H groups in total. The van der Waals surface area contributed by atoms with Gasteiger partial charge in [-0.2, -0.15) is 0 Å². The normalized spacial score (nSPS) is 11.6. The lowest BCUT2D eigenvalue weighted by molar-refractivity contribution is -0.114. The molecule has 0 radical (unpaired) electrons. The van der Waals surface area contributed by atoms with Gasteiger partial charge >= 0.3 is 0 Å². The topological polar surface area (TPSA) is 79.5 Å². The lowest BCUT2D eigenvalue weighted by atomic mass is 10.1. The Balaban J connectivity index is 1.85. The van der Waals surface area contributed by atoms with Crippen molar-refractivity contribution in [3.8, 4) is 5.75 Å². The van der Waals surface area contributed by atoms with E-state index >= 15 is 0 Å². The molecule has 0 bridgehead atoms. The van der Waals surface area contributed by atoms with Crippen LogP contribution in [-0.4, -0.2) is 30.5 Å². The predicted molar refractivity (Wildman–Crippen MR) is 113 cm³/mol. The molecule has 0 spiro atoms. The zero-order valence-electron chi connectivity index (χ0n) is 16.9. The van der Waals surface area contributed by atoms with Crippen molar-refractivity contribution < 1.29 is 14.3 Å². The lowest BCUT2D eigenvalue weighted by Gasteiger charge is -2.13. The zero-order chi connectivity index (χ0) is 20.5. The Morgan fingerprint density at radius 3 is 2.36 bits per heavy atom. The third-order valence-corrected chi connectivity index (χ3v) is 4.08. The number of benzene rings is 2. The summed E-state index contributed by atoms with van der Waals surface area (Å²) < 4.78 is 5.63. The summed E-state index contributed by atoms with van der Waals surface area (Å²) in [4.78, 5) is 24.3. The van der Waals surface area contributed by atoms with Crippen molar-refractivity contribution in [2.75, 3.05) is 17.2 Å². The second-order valence-corrected chi connectivity index (χ2v) is 6.96. The van der Waals surface area contributed by atoms with Crippen LogP contribution in [0.2, 0.25) is 0 Å². The first kappa shape index (κ1) is 21.3. The number of rotatable bonds is 9. The van der Waals surface area contributed by atoms with E-state index in [4.69, 9.17) is 4.74 Å². The van der Waals surface area contributed by atoms with Gasteiger partial charge in [0.05, 0.1) is 12.6 Å². The molecule has 0 aliphatic heterocycles. The second kappa shape index (κ2) is 10.3. The summed E-state index contributed by atoms with van der Waals surface area (Å²) in [6, 6.07) is 14.5. The lowest BCUT2D eigenvalue weighted by Crippen LogP contribution is -2.31. The third kappa shape index (κ3) is 6.95. The Morgan fingerprint density at radius 1 is 1.00 bits per heavy atom. The number of anilines is 2. The van der Waals surface area contributed by atoms with Crippen molar-refractivity contribution in [1.82, 2.24) is 5.32 Å². The van der Waals surface area contributed by atoms with Gasteiger partial charge in [0.2, 0.25) is 5.91 Å². The summed E-state index contributed by atoms with van der Waals surface area (Å²) in [7, 11) is 0. The zero-order valence-corrected chi connectivity index (χ0v) is 16.9. The van der Waals surface area contributed by atoms with E-state index < -0.39 is 0 Å². The fraction of sp³-hybridized carbons (Fsp3) is 0.364. The fourth-order valence-electron chi connectivity index (χ4n) is 2.46. The van der Waals surface area contributed by atoms with Gasteiger partial charge in [-0.1, -0.05) is 13.0 Å². The molecule has 0 aromatic heterocycles. The van der Waals surface area contributed by atoms with E-state index in [2.05, 4.69) is 16.0 Å². The molecule has 6 heteroatoms. The van der Waals surface area contributed by atoms with E-state index in [9.17, 15) is 9.59 Å². The van der Waals surface area contributed by atoms with Gasteiger partial charge in [-0.3, -0.25) is 9.59 Å². The number of hydrogen-bond donors (Lipinski definition) is 3. The van der Waals surface area contributed by atoms with Crippen LogP contribution in [0.5, 0.6) is 5.75 Å². The highest BCUT2D eigenvalue weighted by Crippen LogP contribution is 2.18. The maximum absolute atomic E-state index is 12.2. The van der Waals surface area contributed by atoms with Crippen LogP contribution in [0.3, 0.4) is 0 Å². The number of carbonyl (C=O) groups is 2. The van der Waals surface area contributed by atoms with Gasteiger partial charge in [0.1, 0.15) is 5.75 Å². The Hall–Kier alpha value is -3.02. The molecule has 2 aromatic carbocycles. The van der Waals surface area contributed by atoms with Crippen molar-refractivity contribution in [3.05, 3.63) is 54.1 Å². The van der Waals surface area contributed by atoms with Gasteiger partial charge in [-0.05, 0) is 63.6 Å². The van der Waals surface area contributed by atoms with Crippen LogP contribution in [0, 0.1) is 0 Å². The Bertz CT molecular complexity index is 788. The van der Waals surface area contributed by atoms with Crippen molar-refractivity contribution in [2.24, 2.45) is 0 Å². The van der Waals surface area contributed by atoms with E-state index in [1.54, 1.807) is 30.3 Å². The number of nitrogens with one attached hydrogen (secondary N) is 3. The minimum Gasteiger partial charge on any atom is -0.491 e. The van der Waals surface area contributed by atoms with Crippen molar-refractivity contribution >= 4 is 23.2 Å². The molecule has 0 saturated heterocycles. The summed E-state index contributed by atoms with van der Waals surface area (Å²) in [6.45, 7) is 8.02. The maximum atomic E-state index is 12.2. The van der Waals surface area contributed by atoms with Crippen LogP contribution in [0.1, 0.15) is 44.5 Å². The first-order valence-corrected chi connectivity index (χ1v) is 9.58. The molecule has 0 fully saturated rings. The average Bonchev–Trinajstić information content (AvgIpc) is 2.66. The first-order chi connectivity index (χ1) is 13.4. The van der Waals surface area contributed by atoms with Crippen LogP contribution in [0.15, 0.2) is 48.5 Å². The predicted octanol–water partition coefficient (Wildman–Crippen LogP) is 4.05. The molecule has 2 amide bonds. The SMILES string of the molecule is CCC(C)NC(=O)c1ccc(NCC(=O)Nc2cccc(OC(C)C)c2)cc1. The number of hydrogen-bond acceptors (Lipinski definition) is 4. The summed E-state index contributed by atoms with van der Waals surface area (Å²) in [5.74, 6) is 0.453. The van der Waals surface area contributed by atoms with Crippen LogP contribution in [-0.2, 0) is 4.79 Å².